The van der Waals surface area contributed by atoms with Gasteiger partial charge in [-0.15, -0.1) is 0 Å². The van der Waals surface area contributed by atoms with Gasteiger partial charge in [0, 0.05) is 21.7 Å². The summed E-state index contributed by atoms with van der Waals surface area (Å²) in [5, 5.41) is 13.3. The lowest BCUT2D eigenvalue weighted by atomic mass is 10.1. The quantitative estimate of drug-likeness (QED) is 0.889. The summed E-state index contributed by atoms with van der Waals surface area (Å²) >= 11 is 9.19. The Balaban J connectivity index is 2.68. The lowest BCUT2D eigenvalue weighted by Crippen LogP contribution is -2.29. The summed E-state index contributed by atoms with van der Waals surface area (Å²) in [5.74, 6) is 0. The van der Waals surface area contributed by atoms with Crippen molar-refractivity contribution in [3.8, 4) is 0 Å². The fraction of sp³-hybridized carbons (Fsp3) is 0.400. The van der Waals surface area contributed by atoms with E-state index in [1.54, 1.807) is 19.9 Å². The summed E-state index contributed by atoms with van der Waals surface area (Å²) in [6.45, 7) is 4.00. The number of benzene rings is 1. The van der Waals surface area contributed by atoms with Gasteiger partial charge in [-0.2, -0.15) is 0 Å². The number of nitrogens with one attached hydrogen (secondary N) is 1. The Labute approximate surface area is 97.4 Å². The monoisotopic (exact) mass is 277 g/mol. The average molecular weight is 279 g/mol. The Morgan fingerprint density at radius 3 is 2.64 bits per heavy atom. The van der Waals surface area contributed by atoms with Crippen LogP contribution in [0.5, 0.6) is 0 Å². The van der Waals surface area contributed by atoms with Gasteiger partial charge >= 0.3 is 0 Å². The summed E-state index contributed by atoms with van der Waals surface area (Å²) in [7, 11) is 0. The zero-order valence-electron chi connectivity index (χ0n) is 8.14. The first-order valence-corrected chi connectivity index (χ1v) is 5.47. The minimum atomic E-state index is -0.723. The highest BCUT2D eigenvalue weighted by atomic mass is 79.9. The van der Waals surface area contributed by atoms with Crippen molar-refractivity contribution in [3.05, 3.63) is 27.7 Å². The van der Waals surface area contributed by atoms with Crippen molar-refractivity contribution in [2.24, 2.45) is 0 Å². The second kappa shape index (κ2) is 4.51. The molecule has 2 N–H and O–H groups in total. The molecule has 0 fully saturated rings. The molecule has 0 aliphatic heterocycles. The Bertz CT molecular complexity index is 322. The highest BCUT2D eigenvalue weighted by molar-refractivity contribution is 9.10. The van der Waals surface area contributed by atoms with Gasteiger partial charge in [-0.25, -0.2) is 0 Å². The lowest BCUT2D eigenvalue weighted by molar-refractivity contribution is 0.0945. The fourth-order valence-electron chi connectivity index (χ4n) is 0.944. The molecule has 0 unspecified atom stereocenters. The van der Waals surface area contributed by atoms with E-state index in [1.165, 1.54) is 0 Å². The number of hydrogen-bond acceptors (Lipinski definition) is 2. The molecule has 0 bridgehead atoms. The number of hydrogen-bond donors (Lipinski definition) is 2. The molecule has 0 aliphatic rings. The second-order valence-electron chi connectivity index (χ2n) is 3.79. The maximum atomic E-state index is 9.52. The Hall–Kier alpha value is -0.250. The molecule has 1 aromatic carbocycles. The zero-order valence-corrected chi connectivity index (χ0v) is 10.5. The van der Waals surface area contributed by atoms with Crippen LogP contribution in [0.4, 0.5) is 5.69 Å². The van der Waals surface area contributed by atoms with Gasteiger partial charge in [-0.1, -0.05) is 11.6 Å². The Morgan fingerprint density at radius 2 is 2.14 bits per heavy atom. The van der Waals surface area contributed by atoms with E-state index in [0.717, 1.165) is 10.2 Å². The van der Waals surface area contributed by atoms with Crippen molar-refractivity contribution in [3.63, 3.8) is 0 Å². The molecule has 14 heavy (non-hydrogen) atoms. The third-order valence-electron chi connectivity index (χ3n) is 1.64. The van der Waals surface area contributed by atoms with Crippen LogP contribution in [-0.4, -0.2) is 17.3 Å². The Morgan fingerprint density at radius 1 is 1.50 bits per heavy atom. The summed E-state index contributed by atoms with van der Waals surface area (Å²) in [4.78, 5) is 0. The normalized spacial score (nSPS) is 11.5. The minimum Gasteiger partial charge on any atom is -0.389 e. The largest absolute Gasteiger partial charge is 0.389 e. The molecule has 78 valence electrons. The maximum absolute atomic E-state index is 9.52. The van der Waals surface area contributed by atoms with Gasteiger partial charge in [0.1, 0.15) is 0 Å². The summed E-state index contributed by atoms with van der Waals surface area (Å²) in [6.07, 6.45) is 0. The highest BCUT2D eigenvalue weighted by Crippen LogP contribution is 2.26. The summed E-state index contributed by atoms with van der Waals surface area (Å²) < 4.78 is 0.897. The van der Waals surface area contributed by atoms with Gasteiger partial charge in [-0.3, -0.25) is 0 Å². The summed E-state index contributed by atoms with van der Waals surface area (Å²) in [5.41, 5.74) is 0.204. The third kappa shape index (κ3) is 3.86. The minimum absolute atomic E-state index is 0.493. The van der Waals surface area contributed by atoms with E-state index in [1.807, 2.05) is 12.1 Å². The predicted molar refractivity (Wildman–Crippen MR) is 63.9 cm³/mol. The SMILES string of the molecule is CC(C)(O)CNc1ccc(Cl)cc1Br. The molecular weight excluding hydrogens is 265 g/mol. The molecule has 0 saturated carbocycles. The molecule has 0 saturated heterocycles. The van der Waals surface area contributed by atoms with Gasteiger partial charge in [0.05, 0.1) is 5.60 Å². The first-order chi connectivity index (χ1) is 6.38. The second-order valence-corrected chi connectivity index (χ2v) is 5.08. The smallest absolute Gasteiger partial charge is 0.0763 e. The molecule has 0 atom stereocenters. The average Bonchev–Trinajstić information content (AvgIpc) is 2.00. The number of halogens is 2. The van der Waals surface area contributed by atoms with Gasteiger partial charge in [-0.05, 0) is 48.0 Å². The van der Waals surface area contributed by atoms with E-state index >= 15 is 0 Å². The van der Waals surface area contributed by atoms with Crippen LogP contribution >= 0.6 is 27.5 Å². The van der Waals surface area contributed by atoms with Crippen LogP contribution in [0.25, 0.3) is 0 Å². The Kier molecular flexibility index (Phi) is 3.81. The van der Waals surface area contributed by atoms with Crippen molar-refractivity contribution in [1.82, 2.24) is 0 Å². The van der Waals surface area contributed by atoms with E-state index in [0.29, 0.717) is 11.6 Å². The first kappa shape index (κ1) is 11.8. The molecular formula is C10H13BrClNO. The number of anilines is 1. The molecule has 1 rings (SSSR count). The van der Waals surface area contributed by atoms with Crippen molar-refractivity contribution >= 4 is 33.2 Å². The third-order valence-corrected chi connectivity index (χ3v) is 2.53. The topological polar surface area (TPSA) is 32.3 Å². The molecule has 4 heteroatoms. The molecule has 0 aliphatic carbocycles. The van der Waals surface area contributed by atoms with Gasteiger partial charge in [0.15, 0.2) is 0 Å². The maximum Gasteiger partial charge on any atom is 0.0763 e. The lowest BCUT2D eigenvalue weighted by Gasteiger charge is -2.19. The standard InChI is InChI=1S/C10H13BrClNO/c1-10(2,14)6-13-9-4-3-7(12)5-8(9)11/h3-5,13-14H,6H2,1-2H3. The van der Waals surface area contributed by atoms with Gasteiger partial charge in [0.25, 0.3) is 0 Å². The van der Waals surface area contributed by atoms with Crippen LogP contribution in [0.3, 0.4) is 0 Å². The molecule has 0 radical (unpaired) electrons. The van der Waals surface area contributed by atoms with Crippen LogP contribution < -0.4 is 5.32 Å². The van der Waals surface area contributed by atoms with Gasteiger partial charge in [0.2, 0.25) is 0 Å². The fourth-order valence-corrected chi connectivity index (χ4v) is 1.77. The van der Waals surface area contributed by atoms with Crippen LogP contribution in [0.2, 0.25) is 5.02 Å². The molecule has 2 nitrogen and oxygen atoms in total. The number of aliphatic hydroxyl groups is 1. The predicted octanol–water partition coefficient (Wildman–Crippen LogP) is 3.29. The van der Waals surface area contributed by atoms with Gasteiger partial charge < -0.3 is 10.4 Å². The van der Waals surface area contributed by atoms with E-state index in [2.05, 4.69) is 21.2 Å². The molecule has 1 aromatic rings. The van der Waals surface area contributed by atoms with E-state index in [-0.39, 0.29) is 0 Å². The first-order valence-electron chi connectivity index (χ1n) is 4.30. The molecule has 0 amide bonds. The molecule has 0 spiro atoms. The highest BCUT2D eigenvalue weighted by Gasteiger charge is 2.12. The van der Waals surface area contributed by atoms with Crippen LogP contribution in [-0.2, 0) is 0 Å². The van der Waals surface area contributed by atoms with Crippen LogP contribution in [0.1, 0.15) is 13.8 Å². The van der Waals surface area contributed by atoms with Crippen molar-refractivity contribution in [2.75, 3.05) is 11.9 Å². The molecule has 0 heterocycles. The van der Waals surface area contributed by atoms with Crippen molar-refractivity contribution in [2.45, 2.75) is 19.4 Å². The van der Waals surface area contributed by atoms with Crippen LogP contribution in [0, 0.1) is 0 Å². The van der Waals surface area contributed by atoms with E-state index in [4.69, 9.17) is 11.6 Å². The number of rotatable bonds is 3. The summed E-state index contributed by atoms with van der Waals surface area (Å²) in [6, 6.07) is 5.49. The zero-order chi connectivity index (χ0) is 10.8. The van der Waals surface area contributed by atoms with Crippen molar-refractivity contribution in [1.29, 1.82) is 0 Å². The van der Waals surface area contributed by atoms with E-state index < -0.39 is 5.60 Å². The molecule has 0 aromatic heterocycles. The van der Waals surface area contributed by atoms with Crippen molar-refractivity contribution < 1.29 is 5.11 Å². The van der Waals surface area contributed by atoms with E-state index in [9.17, 15) is 5.11 Å². The van der Waals surface area contributed by atoms with Crippen LogP contribution in [0.15, 0.2) is 22.7 Å².